The first-order chi connectivity index (χ1) is 10.1. The number of hydrogen-bond donors (Lipinski definition) is 1. The number of benzene rings is 1. The number of aliphatic carboxylic acids is 1. The molecule has 0 spiro atoms. The number of morpholine rings is 1. The third-order valence-corrected chi connectivity index (χ3v) is 5.08. The summed E-state index contributed by atoms with van der Waals surface area (Å²) < 4.78 is 67.9. The van der Waals surface area contributed by atoms with Crippen LogP contribution in [0.25, 0.3) is 0 Å². The molecule has 22 heavy (non-hydrogen) atoms. The molecule has 1 aromatic carbocycles. The molecular formula is C12H12F3NO5S. The molecular weight excluding hydrogens is 327 g/mol. The van der Waals surface area contributed by atoms with E-state index in [0.29, 0.717) is 12.1 Å². The summed E-state index contributed by atoms with van der Waals surface area (Å²) in [5.41, 5.74) is -0.983. The molecule has 0 aromatic heterocycles. The zero-order chi connectivity index (χ0) is 16.5. The highest BCUT2D eigenvalue weighted by atomic mass is 32.2. The van der Waals surface area contributed by atoms with Gasteiger partial charge in [0.2, 0.25) is 10.0 Å². The Balaban J connectivity index is 2.35. The molecule has 1 heterocycles. The van der Waals surface area contributed by atoms with E-state index in [1.54, 1.807) is 0 Å². The zero-order valence-corrected chi connectivity index (χ0v) is 11.9. The third-order valence-electron chi connectivity index (χ3n) is 3.15. The highest BCUT2D eigenvalue weighted by Gasteiger charge is 2.39. The third kappa shape index (κ3) is 3.23. The largest absolute Gasteiger partial charge is 0.480 e. The molecule has 6 nitrogen and oxygen atoms in total. The van der Waals surface area contributed by atoms with Gasteiger partial charge in [0.05, 0.1) is 23.7 Å². The lowest BCUT2D eigenvalue weighted by Gasteiger charge is -2.31. The van der Waals surface area contributed by atoms with Gasteiger partial charge in [0.25, 0.3) is 0 Å². The Morgan fingerprint density at radius 3 is 2.36 bits per heavy atom. The van der Waals surface area contributed by atoms with E-state index < -0.39 is 38.7 Å². The van der Waals surface area contributed by atoms with Crippen LogP contribution in [0.2, 0.25) is 0 Å². The Hall–Kier alpha value is -1.65. The summed E-state index contributed by atoms with van der Waals surface area (Å²) in [5.74, 6) is -1.38. The molecule has 0 amide bonds. The summed E-state index contributed by atoms with van der Waals surface area (Å²) in [6.07, 6.45) is -4.58. The van der Waals surface area contributed by atoms with E-state index in [0.717, 1.165) is 16.4 Å². The molecule has 1 aliphatic heterocycles. The first-order valence-electron chi connectivity index (χ1n) is 6.13. The van der Waals surface area contributed by atoms with E-state index in [4.69, 9.17) is 9.84 Å². The normalized spacial score (nSPS) is 20.8. The summed E-state index contributed by atoms with van der Waals surface area (Å²) in [5, 5.41) is 9.03. The van der Waals surface area contributed by atoms with Crippen molar-refractivity contribution in [3.05, 3.63) is 29.8 Å². The Morgan fingerprint density at radius 1 is 1.27 bits per heavy atom. The van der Waals surface area contributed by atoms with E-state index in [1.165, 1.54) is 0 Å². The zero-order valence-electron chi connectivity index (χ0n) is 11.1. The SMILES string of the molecule is O=C(O)C1COCCN1S(=O)(=O)c1ccc(C(F)(F)F)cc1. The average molecular weight is 339 g/mol. The number of rotatable bonds is 3. The summed E-state index contributed by atoms with van der Waals surface area (Å²) in [6, 6.07) is 1.51. The summed E-state index contributed by atoms with van der Waals surface area (Å²) in [7, 11) is -4.21. The highest BCUT2D eigenvalue weighted by Crippen LogP contribution is 2.30. The predicted molar refractivity (Wildman–Crippen MR) is 67.6 cm³/mol. The van der Waals surface area contributed by atoms with Crippen LogP contribution in [-0.4, -0.2) is 49.6 Å². The van der Waals surface area contributed by atoms with Crippen LogP contribution in [0.15, 0.2) is 29.2 Å². The van der Waals surface area contributed by atoms with E-state index in [2.05, 4.69) is 0 Å². The highest BCUT2D eigenvalue weighted by molar-refractivity contribution is 7.89. The van der Waals surface area contributed by atoms with Crippen LogP contribution in [0.1, 0.15) is 5.56 Å². The van der Waals surface area contributed by atoms with Gasteiger partial charge in [0, 0.05) is 6.54 Å². The smallest absolute Gasteiger partial charge is 0.416 e. The minimum atomic E-state index is -4.58. The van der Waals surface area contributed by atoms with Crippen LogP contribution >= 0.6 is 0 Å². The molecule has 2 rings (SSSR count). The lowest BCUT2D eigenvalue weighted by Crippen LogP contribution is -2.52. The molecule has 1 atom stereocenters. The fourth-order valence-electron chi connectivity index (χ4n) is 2.02. The molecule has 1 saturated heterocycles. The number of sulfonamides is 1. The van der Waals surface area contributed by atoms with Crippen molar-refractivity contribution in [2.45, 2.75) is 17.1 Å². The fraction of sp³-hybridized carbons (Fsp3) is 0.417. The Labute approximate surface area is 124 Å². The van der Waals surface area contributed by atoms with Crippen molar-refractivity contribution >= 4 is 16.0 Å². The van der Waals surface area contributed by atoms with Gasteiger partial charge in [0.1, 0.15) is 6.04 Å². The Bertz CT molecular complexity index is 656. The van der Waals surface area contributed by atoms with Gasteiger partial charge in [-0.25, -0.2) is 8.42 Å². The van der Waals surface area contributed by atoms with Crippen LogP contribution in [0.3, 0.4) is 0 Å². The fourth-order valence-corrected chi connectivity index (χ4v) is 3.57. The van der Waals surface area contributed by atoms with Crippen LogP contribution in [-0.2, 0) is 25.7 Å². The second-order valence-corrected chi connectivity index (χ2v) is 6.46. The number of hydrogen-bond acceptors (Lipinski definition) is 4. The van der Waals surface area contributed by atoms with Crippen molar-refractivity contribution in [3.63, 3.8) is 0 Å². The number of carboxylic acids is 1. The summed E-state index contributed by atoms with van der Waals surface area (Å²) in [6.45, 7) is -0.473. The number of ether oxygens (including phenoxy) is 1. The Morgan fingerprint density at radius 2 is 1.86 bits per heavy atom. The van der Waals surface area contributed by atoms with Crippen molar-refractivity contribution in [2.75, 3.05) is 19.8 Å². The van der Waals surface area contributed by atoms with E-state index in [-0.39, 0.29) is 19.8 Å². The van der Waals surface area contributed by atoms with E-state index in [1.807, 2.05) is 0 Å². The molecule has 10 heteroatoms. The maximum Gasteiger partial charge on any atom is 0.416 e. The predicted octanol–water partition coefficient (Wildman–Crippen LogP) is 1.18. The number of carboxylic acid groups (broad SMARTS) is 1. The van der Waals surface area contributed by atoms with E-state index in [9.17, 15) is 26.4 Å². The van der Waals surface area contributed by atoms with Crippen molar-refractivity contribution in [1.82, 2.24) is 4.31 Å². The number of alkyl halides is 3. The standard InChI is InChI=1S/C12H12F3NO5S/c13-12(14,15)8-1-3-9(4-2-8)22(19,20)16-5-6-21-7-10(16)11(17)18/h1-4,10H,5-7H2,(H,17,18). The van der Waals surface area contributed by atoms with Gasteiger partial charge in [-0.05, 0) is 24.3 Å². The second kappa shape index (κ2) is 5.86. The topological polar surface area (TPSA) is 83.9 Å². The van der Waals surface area contributed by atoms with Gasteiger partial charge >= 0.3 is 12.1 Å². The molecule has 0 aliphatic carbocycles. The van der Waals surface area contributed by atoms with Crippen molar-refractivity contribution in [1.29, 1.82) is 0 Å². The van der Waals surface area contributed by atoms with Gasteiger partial charge in [-0.15, -0.1) is 0 Å². The molecule has 122 valence electrons. The molecule has 1 unspecified atom stereocenters. The van der Waals surface area contributed by atoms with Gasteiger partial charge < -0.3 is 9.84 Å². The minimum Gasteiger partial charge on any atom is -0.480 e. The van der Waals surface area contributed by atoms with Crippen LogP contribution < -0.4 is 0 Å². The molecule has 0 bridgehead atoms. The monoisotopic (exact) mass is 339 g/mol. The van der Waals surface area contributed by atoms with Gasteiger partial charge in [-0.3, -0.25) is 4.79 Å². The van der Waals surface area contributed by atoms with Gasteiger partial charge in [-0.1, -0.05) is 0 Å². The number of halogens is 3. The first kappa shape index (κ1) is 16.7. The lowest BCUT2D eigenvalue weighted by molar-refractivity contribution is -0.146. The molecule has 1 aliphatic rings. The maximum atomic E-state index is 12.5. The van der Waals surface area contributed by atoms with E-state index >= 15 is 0 Å². The maximum absolute atomic E-state index is 12.5. The van der Waals surface area contributed by atoms with Gasteiger partial charge in [0.15, 0.2) is 0 Å². The number of nitrogens with zero attached hydrogens (tertiary/aromatic N) is 1. The Kier molecular flexibility index (Phi) is 4.45. The van der Waals surface area contributed by atoms with Gasteiger partial charge in [-0.2, -0.15) is 17.5 Å². The second-order valence-electron chi connectivity index (χ2n) is 4.57. The molecule has 1 N–H and O–H groups in total. The minimum absolute atomic E-state index is 0.0175. The van der Waals surface area contributed by atoms with Crippen LogP contribution in [0.4, 0.5) is 13.2 Å². The molecule has 0 saturated carbocycles. The summed E-state index contributed by atoms with van der Waals surface area (Å²) >= 11 is 0. The van der Waals surface area contributed by atoms with Crippen LogP contribution in [0, 0.1) is 0 Å². The molecule has 1 fully saturated rings. The quantitative estimate of drug-likeness (QED) is 0.894. The first-order valence-corrected chi connectivity index (χ1v) is 7.57. The summed E-state index contributed by atoms with van der Waals surface area (Å²) in [4.78, 5) is 10.7. The molecule has 1 aromatic rings. The average Bonchev–Trinajstić information content (AvgIpc) is 2.46. The lowest BCUT2D eigenvalue weighted by atomic mass is 10.2. The van der Waals surface area contributed by atoms with Crippen LogP contribution in [0.5, 0.6) is 0 Å². The van der Waals surface area contributed by atoms with Crippen molar-refractivity contribution in [2.24, 2.45) is 0 Å². The molecule has 0 radical (unpaired) electrons. The van der Waals surface area contributed by atoms with Crippen molar-refractivity contribution < 1.29 is 36.2 Å². The number of carbonyl (C=O) groups is 1. The van der Waals surface area contributed by atoms with Crippen molar-refractivity contribution in [3.8, 4) is 0 Å².